The number of amides is 1. The molecule has 11 heteroatoms. The van der Waals surface area contributed by atoms with E-state index in [1.54, 1.807) is 0 Å². The highest BCUT2D eigenvalue weighted by Gasteiger charge is 2.34. The Balaban J connectivity index is 1.90. The van der Waals surface area contributed by atoms with Crippen LogP contribution < -0.4 is 5.32 Å². The molecule has 3 aromatic rings. The summed E-state index contributed by atoms with van der Waals surface area (Å²) in [7, 11) is 0. The fourth-order valence-corrected chi connectivity index (χ4v) is 2.08. The van der Waals surface area contributed by atoms with Gasteiger partial charge in [0, 0.05) is 0 Å². The van der Waals surface area contributed by atoms with E-state index >= 15 is 0 Å². The molecule has 0 aliphatic heterocycles. The number of alkyl halides is 3. The Labute approximate surface area is 136 Å². The molecule has 0 atom stereocenters. The standard InChI is InChI=1S/C14H8F5N5O/c15-6-2-1-3-7(16)10(6)12(25)22-9-5-21-24-11(9)8-4-20-13(23-8)14(17,18)19/h1-5H,(H,20,23)(H,21,24)(H,22,25). The zero-order valence-electron chi connectivity index (χ0n) is 12.1. The van der Waals surface area contributed by atoms with Gasteiger partial charge in [-0.3, -0.25) is 9.89 Å². The molecule has 1 aromatic carbocycles. The van der Waals surface area contributed by atoms with E-state index in [0.29, 0.717) is 0 Å². The van der Waals surface area contributed by atoms with Crippen molar-refractivity contribution in [3.63, 3.8) is 0 Å². The molecule has 130 valence electrons. The highest BCUT2D eigenvalue weighted by Crippen LogP contribution is 2.30. The molecule has 0 aliphatic rings. The quantitative estimate of drug-likeness (QED) is 0.629. The minimum atomic E-state index is -4.68. The molecule has 3 rings (SSSR count). The number of hydrogen-bond donors (Lipinski definition) is 3. The van der Waals surface area contributed by atoms with Crippen molar-refractivity contribution in [2.75, 3.05) is 5.32 Å². The molecule has 6 nitrogen and oxygen atoms in total. The second kappa shape index (κ2) is 6.00. The van der Waals surface area contributed by atoms with E-state index in [1.165, 1.54) is 0 Å². The summed E-state index contributed by atoms with van der Waals surface area (Å²) in [4.78, 5) is 17.3. The van der Waals surface area contributed by atoms with Crippen LogP contribution >= 0.6 is 0 Å². The number of aromatic nitrogens is 4. The van der Waals surface area contributed by atoms with Gasteiger partial charge in [-0.05, 0) is 12.1 Å². The van der Waals surface area contributed by atoms with E-state index in [0.717, 1.165) is 30.6 Å². The number of imidazole rings is 1. The minimum absolute atomic E-state index is 0.0342. The van der Waals surface area contributed by atoms with Gasteiger partial charge >= 0.3 is 6.18 Å². The van der Waals surface area contributed by atoms with Crippen molar-refractivity contribution in [3.8, 4) is 11.4 Å². The summed E-state index contributed by atoms with van der Waals surface area (Å²) in [5.41, 5.74) is -1.05. The second-order valence-corrected chi connectivity index (χ2v) is 4.85. The molecule has 1 amide bonds. The van der Waals surface area contributed by atoms with E-state index in [4.69, 9.17) is 0 Å². The van der Waals surface area contributed by atoms with Crippen LogP contribution in [-0.2, 0) is 6.18 Å². The van der Waals surface area contributed by atoms with Gasteiger partial charge in [0.05, 0.1) is 23.8 Å². The van der Waals surface area contributed by atoms with Crippen molar-refractivity contribution in [2.24, 2.45) is 0 Å². The molecule has 0 aliphatic carbocycles. The largest absolute Gasteiger partial charge is 0.449 e. The van der Waals surface area contributed by atoms with Crippen molar-refractivity contribution >= 4 is 11.6 Å². The number of halogens is 5. The van der Waals surface area contributed by atoms with E-state index < -0.39 is 35.1 Å². The molecule has 0 unspecified atom stereocenters. The van der Waals surface area contributed by atoms with E-state index in [1.807, 2.05) is 4.98 Å². The van der Waals surface area contributed by atoms with Crippen molar-refractivity contribution < 1.29 is 26.7 Å². The van der Waals surface area contributed by atoms with Gasteiger partial charge in [0.15, 0.2) is 0 Å². The average molecular weight is 357 g/mol. The second-order valence-electron chi connectivity index (χ2n) is 4.85. The van der Waals surface area contributed by atoms with E-state index in [9.17, 15) is 26.7 Å². The fourth-order valence-electron chi connectivity index (χ4n) is 2.08. The summed E-state index contributed by atoms with van der Waals surface area (Å²) in [6.07, 6.45) is -2.71. The Morgan fingerprint density at radius 1 is 1.12 bits per heavy atom. The van der Waals surface area contributed by atoms with E-state index in [-0.39, 0.29) is 17.1 Å². The summed E-state index contributed by atoms with van der Waals surface area (Å²) < 4.78 is 65.0. The van der Waals surface area contributed by atoms with Gasteiger partial charge < -0.3 is 10.3 Å². The van der Waals surface area contributed by atoms with E-state index in [2.05, 4.69) is 20.5 Å². The maximum atomic E-state index is 13.6. The van der Waals surface area contributed by atoms with Crippen molar-refractivity contribution in [1.82, 2.24) is 20.2 Å². The molecule has 3 N–H and O–H groups in total. The SMILES string of the molecule is O=C(Nc1cn[nH]c1-c1cnc(C(F)(F)F)[nH]1)c1c(F)cccc1F. The zero-order chi connectivity index (χ0) is 18.2. The number of nitrogens with one attached hydrogen (secondary N) is 3. The monoisotopic (exact) mass is 357 g/mol. The number of nitrogens with zero attached hydrogens (tertiary/aromatic N) is 2. The van der Waals surface area contributed by atoms with Crippen LogP contribution in [0.1, 0.15) is 16.2 Å². The van der Waals surface area contributed by atoms with Crippen LogP contribution in [-0.4, -0.2) is 26.1 Å². The summed E-state index contributed by atoms with van der Waals surface area (Å²) in [5.74, 6) is -4.52. The van der Waals surface area contributed by atoms with Gasteiger partial charge in [0.2, 0.25) is 5.82 Å². The number of carbonyl (C=O) groups is 1. The Hall–Kier alpha value is -3.24. The lowest BCUT2D eigenvalue weighted by atomic mass is 10.1. The predicted octanol–water partition coefficient (Wildman–Crippen LogP) is 3.35. The molecule has 0 radical (unpaired) electrons. The highest BCUT2D eigenvalue weighted by atomic mass is 19.4. The number of benzene rings is 1. The summed E-state index contributed by atoms with van der Waals surface area (Å²) in [6.45, 7) is 0. The lowest BCUT2D eigenvalue weighted by molar-refractivity contribution is -0.144. The first-order chi connectivity index (χ1) is 11.8. The first kappa shape index (κ1) is 16.6. The van der Waals surface area contributed by atoms with Crippen LogP contribution in [0.5, 0.6) is 0 Å². The molecule has 2 aromatic heterocycles. The lowest BCUT2D eigenvalue weighted by Gasteiger charge is -2.07. The molecule has 25 heavy (non-hydrogen) atoms. The molecule has 0 saturated heterocycles. The van der Waals surface area contributed by atoms with Crippen molar-refractivity contribution in [3.05, 3.63) is 53.6 Å². The van der Waals surface area contributed by atoms with Crippen LogP contribution in [0, 0.1) is 11.6 Å². The molecule has 0 spiro atoms. The number of hydrogen-bond acceptors (Lipinski definition) is 3. The fraction of sp³-hybridized carbons (Fsp3) is 0.0714. The molecule has 0 saturated carbocycles. The first-order valence-electron chi connectivity index (χ1n) is 6.68. The number of aromatic amines is 2. The third-order valence-corrected chi connectivity index (χ3v) is 3.19. The first-order valence-corrected chi connectivity index (χ1v) is 6.68. The van der Waals surface area contributed by atoms with Crippen LogP contribution in [0.15, 0.2) is 30.6 Å². The van der Waals surface area contributed by atoms with Gasteiger partial charge in [-0.25, -0.2) is 13.8 Å². The third kappa shape index (κ3) is 3.20. The molecule has 2 heterocycles. The van der Waals surface area contributed by atoms with Crippen molar-refractivity contribution in [1.29, 1.82) is 0 Å². The topological polar surface area (TPSA) is 86.5 Å². The number of carbonyl (C=O) groups excluding carboxylic acids is 1. The third-order valence-electron chi connectivity index (χ3n) is 3.19. The normalized spacial score (nSPS) is 11.6. The summed E-state index contributed by atoms with van der Waals surface area (Å²) in [6, 6.07) is 2.89. The van der Waals surface area contributed by atoms with Crippen LogP contribution in [0.25, 0.3) is 11.4 Å². The number of H-pyrrole nitrogens is 2. The Bertz CT molecular complexity index is 910. The molecule has 0 fully saturated rings. The summed E-state index contributed by atoms with van der Waals surface area (Å²) >= 11 is 0. The van der Waals surface area contributed by atoms with Crippen LogP contribution in [0.3, 0.4) is 0 Å². The Morgan fingerprint density at radius 3 is 2.40 bits per heavy atom. The lowest BCUT2D eigenvalue weighted by Crippen LogP contribution is -2.16. The van der Waals surface area contributed by atoms with Gasteiger partial charge in [-0.15, -0.1) is 0 Å². The van der Waals surface area contributed by atoms with Gasteiger partial charge in [-0.2, -0.15) is 18.3 Å². The van der Waals surface area contributed by atoms with Crippen molar-refractivity contribution in [2.45, 2.75) is 6.18 Å². The smallest absolute Gasteiger partial charge is 0.333 e. The van der Waals surface area contributed by atoms with Crippen LogP contribution in [0.2, 0.25) is 0 Å². The molecular formula is C14H8F5N5O. The van der Waals surface area contributed by atoms with Gasteiger partial charge in [0.1, 0.15) is 22.9 Å². The van der Waals surface area contributed by atoms with Gasteiger partial charge in [0.25, 0.3) is 5.91 Å². The molecular weight excluding hydrogens is 349 g/mol. The molecule has 0 bridgehead atoms. The number of anilines is 1. The maximum Gasteiger partial charge on any atom is 0.449 e. The Kier molecular flexibility index (Phi) is 3.99. The maximum absolute atomic E-state index is 13.6. The highest BCUT2D eigenvalue weighted by molar-refractivity contribution is 6.06. The van der Waals surface area contributed by atoms with Crippen LogP contribution in [0.4, 0.5) is 27.6 Å². The minimum Gasteiger partial charge on any atom is -0.333 e. The average Bonchev–Trinajstić information content (AvgIpc) is 3.14. The predicted molar refractivity (Wildman–Crippen MR) is 75.5 cm³/mol. The zero-order valence-corrected chi connectivity index (χ0v) is 12.1. The Morgan fingerprint density at radius 2 is 1.80 bits per heavy atom. The van der Waals surface area contributed by atoms with Gasteiger partial charge in [-0.1, -0.05) is 6.07 Å². The summed E-state index contributed by atoms with van der Waals surface area (Å²) in [5, 5.41) is 8.18. The number of rotatable bonds is 3.